The minimum Gasteiger partial charge on any atom is -0.342 e. The maximum Gasteiger partial charge on any atom is 0.236 e. The van der Waals surface area contributed by atoms with Gasteiger partial charge in [-0.1, -0.05) is 23.7 Å². The van der Waals surface area contributed by atoms with Gasteiger partial charge in [0.1, 0.15) is 0 Å². The maximum atomic E-state index is 12.5. The zero-order valence-electron chi connectivity index (χ0n) is 14.2. The Labute approximate surface area is 148 Å². The first-order valence-corrected chi connectivity index (χ1v) is 8.75. The summed E-state index contributed by atoms with van der Waals surface area (Å²) in [5, 5.41) is 0.685. The fourth-order valence-electron chi connectivity index (χ4n) is 3.66. The van der Waals surface area contributed by atoms with E-state index in [1.165, 1.54) is 0 Å². The highest BCUT2D eigenvalue weighted by atomic mass is 35.5. The van der Waals surface area contributed by atoms with Crippen molar-refractivity contribution in [3.05, 3.63) is 34.9 Å². The Kier molecular flexibility index (Phi) is 5.11. The van der Waals surface area contributed by atoms with Gasteiger partial charge in [0.2, 0.25) is 11.8 Å². The molecule has 0 bridgehead atoms. The molecule has 130 valence electrons. The van der Waals surface area contributed by atoms with Crippen LogP contribution in [-0.2, 0) is 16.0 Å². The van der Waals surface area contributed by atoms with Gasteiger partial charge in [0.25, 0.3) is 0 Å². The summed E-state index contributed by atoms with van der Waals surface area (Å²) in [4.78, 5) is 30.5. The first-order valence-electron chi connectivity index (χ1n) is 8.37. The third-order valence-corrected chi connectivity index (χ3v) is 5.16. The van der Waals surface area contributed by atoms with E-state index >= 15 is 0 Å². The van der Waals surface area contributed by atoms with Crippen LogP contribution in [-0.4, -0.2) is 73.3 Å². The van der Waals surface area contributed by atoms with Crippen LogP contribution in [0.2, 0.25) is 5.02 Å². The van der Waals surface area contributed by atoms with Gasteiger partial charge < -0.3 is 14.7 Å². The molecule has 5 nitrogen and oxygen atoms in total. The molecule has 2 fully saturated rings. The van der Waals surface area contributed by atoms with Crippen LogP contribution in [0.1, 0.15) is 5.56 Å². The third-order valence-electron chi connectivity index (χ3n) is 4.91. The lowest BCUT2D eigenvalue weighted by Crippen LogP contribution is -2.39. The van der Waals surface area contributed by atoms with Gasteiger partial charge in [0, 0.05) is 43.0 Å². The minimum absolute atomic E-state index is 0.165. The fraction of sp³-hybridized carbons (Fsp3) is 0.556. The molecule has 0 radical (unpaired) electrons. The number of hydrogen-bond donors (Lipinski definition) is 0. The van der Waals surface area contributed by atoms with Gasteiger partial charge in [-0.3, -0.25) is 9.59 Å². The summed E-state index contributed by atoms with van der Waals surface area (Å²) >= 11 is 5.88. The number of fused-ring (bicyclic) bond motifs is 1. The molecule has 2 aliphatic heterocycles. The number of halogens is 1. The van der Waals surface area contributed by atoms with E-state index < -0.39 is 0 Å². The first kappa shape index (κ1) is 17.2. The quantitative estimate of drug-likeness (QED) is 0.824. The van der Waals surface area contributed by atoms with Crippen molar-refractivity contribution in [1.29, 1.82) is 0 Å². The number of carbonyl (C=O) groups is 2. The SMILES string of the molecule is CN(C)CC(=O)N1CC2CN(C(=O)Cc3ccc(Cl)cc3)CC2C1. The normalized spacial score (nSPS) is 23.0. The molecule has 2 heterocycles. The predicted molar refractivity (Wildman–Crippen MR) is 93.9 cm³/mol. The second kappa shape index (κ2) is 7.11. The minimum atomic E-state index is 0.165. The Hall–Kier alpha value is -1.59. The predicted octanol–water partition coefficient (Wildman–Crippen LogP) is 1.36. The average Bonchev–Trinajstić information content (AvgIpc) is 3.07. The molecule has 2 atom stereocenters. The summed E-state index contributed by atoms with van der Waals surface area (Å²) in [6, 6.07) is 7.44. The molecular weight excluding hydrogens is 326 g/mol. The van der Waals surface area contributed by atoms with Crippen LogP contribution >= 0.6 is 11.6 Å². The summed E-state index contributed by atoms with van der Waals surface area (Å²) in [6.45, 7) is 3.55. The molecule has 2 amide bonds. The molecular formula is C18H24ClN3O2. The lowest BCUT2D eigenvalue weighted by Gasteiger charge is -2.23. The van der Waals surface area contributed by atoms with Crippen LogP contribution in [0.5, 0.6) is 0 Å². The van der Waals surface area contributed by atoms with E-state index in [0.29, 0.717) is 29.8 Å². The van der Waals surface area contributed by atoms with E-state index in [9.17, 15) is 9.59 Å². The first-order chi connectivity index (χ1) is 11.4. The summed E-state index contributed by atoms with van der Waals surface area (Å²) in [6.07, 6.45) is 0.417. The largest absolute Gasteiger partial charge is 0.342 e. The average molecular weight is 350 g/mol. The maximum absolute atomic E-state index is 12.5. The van der Waals surface area contributed by atoms with E-state index in [0.717, 1.165) is 31.7 Å². The van der Waals surface area contributed by atoms with Crippen molar-refractivity contribution < 1.29 is 9.59 Å². The van der Waals surface area contributed by atoms with Crippen LogP contribution < -0.4 is 0 Å². The summed E-state index contributed by atoms with van der Waals surface area (Å²) in [5.41, 5.74) is 0.990. The molecule has 0 N–H and O–H groups in total. The highest BCUT2D eigenvalue weighted by molar-refractivity contribution is 6.30. The van der Waals surface area contributed by atoms with Gasteiger partial charge in [0.15, 0.2) is 0 Å². The van der Waals surface area contributed by atoms with E-state index in [1.807, 2.05) is 53.1 Å². The van der Waals surface area contributed by atoms with Crippen LogP contribution in [0.4, 0.5) is 0 Å². The number of amides is 2. The highest BCUT2D eigenvalue weighted by Gasteiger charge is 2.42. The molecule has 3 rings (SSSR count). The Morgan fingerprint density at radius 1 is 1.00 bits per heavy atom. The van der Waals surface area contributed by atoms with Crippen LogP contribution in [0.15, 0.2) is 24.3 Å². The molecule has 2 unspecified atom stereocenters. The van der Waals surface area contributed by atoms with Crippen molar-refractivity contribution in [3.8, 4) is 0 Å². The number of carbonyl (C=O) groups excluding carboxylic acids is 2. The summed E-state index contributed by atoms with van der Waals surface area (Å²) in [7, 11) is 3.82. The van der Waals surface area contributed by atoms with Gasteiger partial charge in [0.05, 0.1) is 13.0 Å². The van der Waals surface area contributed by atoms with Crippen molar-refractivity contribution in [1.82, 2.24) is 14.7 Å². The summed E-state index contributed by atoms with van der Waals surface area (Å²) in [5.74, 6) is 1.20. The number of nitrogens with zero attached hydrogens (tertiary/aromatic N) is 3. The number of hydrogen-bond acceptors (Lipinski definition) is 3. The topological polar surface area (TPSA) is 43.9 Å². The second-order valence-electron chi connectivity index (χ2n) is 7.16. The van der Waals surface area contributed by atoms with Gasteiger partial charge in [-0.05, 0) is 31.8 Å². The van der Waals surface area contributed by atoms with Crippen LogP contribution in [0.3, 0.4) is 0 Å². The summed E-state index contributed by atoms with van der Waals surface area (Å²) < 4.78 is 0. The number of benzene rings is 1. The van der Waals surface area contributed by atoms with Crippen molar-refractivity contribution in [2.45, 2.75) is 6.42 Å². The molecule has 1 aromatic rings. The van der Waals surface area contributed by atoms with E-state index in [-0.39, 0.29) is 11.8 Å². The van der Waals surface area contributed by atoms with Crippen molar-refractivity contribution in [2.24, 2.45) is 11.8 Å². The van der Waals surface area contributed by atoms with E-state index in [1.54, 1.807) is 0 Å². The highest BCUT2D eigenvalue weighted by Crippen LogP contribution is 2.31. The smallest absolute Gasteiger partial charge is 0.236 e. The van der Waals surface area contributed by atoms with E-state index in [2.05, 4.69) is 0 Å². The Morgan fingerprint density at radius 2 is 1.50 bits per heavy atom. The number of likely N-dealkylation sites (N-methyl/N-ethyl adjacent to an activating group) is 1. The van der Waals surface area contributed by atoms with Gasteiger partial charge in [-0.15, -0.1) is 0 Å². The van der Waals surface area contributed by atoms with Crippen molar-refractivity contribution >= 4 is 23.4 Å². The third kappa shape index (κ3) is 3.90. The van der Waals surface area contributed by atoms with E-state index in [4.69, 9.17) is 11.6 Å². The fourth-order valence-corrected chi connectivity index (χ4v) is 3.79. The molecule has 0 aromatic heterocycles. The molecule has 24 heavy (non-hydrogen) atoms. The number of rotatable bonds is 4. The molecule has 0 aliphatic carbocycles. The Morgan fingerprint density at radius 3 is 2.00 bits per heavy atom. The van der Waals surface area contributed by atoms with Gasteiger partial charge in [-0.2, -0.15) is 0 Å². The Bertz CT molecular complexity index is 603. The molecule has 0 spiro atoms. The lowest BCUT2D eigenvalue weighted by molar-refractivity contribution is -0.131. The zero-order valence-corrected chi connectivity index (χ0v) is 15.0. The van der Waals surface area contributed by atoms with Crippen molar-refractivity contribution in [3.63, 3.8) is 0 Å². The number of likely N-dealkylation sites (tertiary alicyclic amines) is 2. The molecule has 0 saturated carbocycles. The molecule has 2 aliphatic rings. The van der Waals surface area contributed by atoms with Crippen LogP contribution in [0, 0.1) is 11.8 Å². The monoisotopic (exact) mass is 349 g/mol. The van der Waals surface area contributed by atoms with Gasteiger partial charge in [-0.25, -0.2) is 0 Å². The molecule has 2 saturated heterocycles. The zero-order chi connectivity index (χ0) is 17.3. The lowest BCUT2D eigenvalue weighted by atomic mass is 10.0. The second-order valence-corrected chi connectivity index (χ2v) is 7.60. The molecule has 1 aromatic carbocycles. The van der Waals surface area contributed by atoms with Crippen LogP contribution in [0.25, 0.3) is 0 Å². The molecule has 6 heteroatoms. The van der Waals surface area contributed by atoms with Gasteiger partial charge >= 0.3 is 0 Å². The van der Waals surface area contributed by atoms with Crippen molar-refractivity contribution in [2.75, 3.05) is 46.8 Å². The standard InChI is InChI=1S/C18H24ClN3O2/c1-20(2)12-18(24)22-10-14-8-21(9-15(14)11-22)17(23)7-13-3-5-16(19)6-4-13/h3-6,14-15H,7-12H2,1-2H3. The Balaban J connectivity index is 1.51.